The second kappa shape index (κ2) is 8.05. The van der Waals surface area contributed by atoms with Gasteiger partial charge in [-0.05, 0) is 40.6 Å². The van der Waals surface area contributed by atoms with Crippen LogP contribution in [0.15, 0.2) is 72.8 Å². The zero-order chi connectivity index (χ0) is 18.6. The minimum absolute atomic E-state index is 0.159. The molecule has 3 aromatic rings. The van der Waals surface area contributed by atoms with Crippen molar-refractivity contribution in [2.24, 2.45) is 0 Å². The Balaban J connectivity index is 1.71. The summed E-state index contributed by atoms with van der Waals surface area (Å²) in [5, 5.41) is 4.97. The molecule has 4 nitrogen and oxygen atoms in total. The van der Waals surface area contributed by atoms with Crippen molar-refractivity contribution in [3.8, 4) is 0 Å². The van der Waals surface area contributed by atoms with E-state index in [9.17, 15) is 9.36 Å². The van der Waals surface area contributed by atoms with Crippen molar-refractivity contribution in [1.29, 1.82) is 0 Å². The van der Waals surface area contributed by atoms with Gasteiger partial charge in [-0.1, -0.05) is 66.7 Å². The lowest BCUT2D eigenvalue weighted by atomic mass is 10.1. The number of carbonyl (C=O) groups excluding carboxylic acids is 1. The molecular weight excluding hydrogens is 369 g/mol. The van der Waals surface area contributed by atoms with Gasteiger partial charge in [-0.3, -0.25) is 9.36 Å². The van der Waals surface area contributed by atoms with Crippen LogP contribution in [0.2, 0.25) is 0 Å². The van der Waals surface area contributed by atoms with Crippen molar-refractivity contribution in [2.75, 3.05) is 0 Å². The van der Waals surface area contributed by atoms with E-state index in [2.05, 4.69) is 5.09 Å². The second-order valence-corrected chi connectivity index (χ2v) is 9.21. The quantitative estimate of drug-likeness (QED) is 0.495. The molecule has 134 valence electrons. The van der Waals surface area contributed by atoms with Gasteiger partial charge >= 0.3 is 5.97 Å². The van der Waals surface area contributed by atoms with Crippen molar-refractivity contribution in [1.82, 2.24) is 5.09 Å². The minimum atomic E-state index is -3.47. The molecule has 0 saturated carbocycles. The van der Waals surface area contributed by atoms with Gasteiger partial charge in [0.2, 0.25) is 0 Å². The van der Waals surface area contributed by atoms with E-state index in [4.69, 9.17) is 16.0 Å². The molecule has 3 rings (SSSR count). The number of fused-ring (bicyclic) bond motifs is 1. The first-order valence-corrected chi connectivity index (χ1v) is 10.8. The minimum Gasteiger partial charge on any atom is -0.460 e. The van der Waals surface area contributed by atoms with Crippen LogP contribution in [0.3, 0.4) is 0 Å². The van der Waals surface area contributed by atoms with E-state index in [-0.39, 0.29) is 6.61 Å². The normalized spacial score (nSPS) is 14.5. The summed E-state index contributed by atoms with van der Waals surface area (Å²) in [6, 6.07) is 21.6. The fourth-order valence-electron chi connectivity index (χ4n) is 2.68. The fourth-order valence-corrected chi connectivity index (χ4v) is 5.10. The Morgan fingerprint density at radius 2 is 1.69 bits per heavy atom. The SMILES string of the molecule is C[C@H](NP(=O)(Cl)c1cccc2ccccc12)C(=O)OCc1ccccc1. The number of ether oxygens (including phenoxy) is 1. The van der Waals surface area contributed by atoms with Gasteiger partial charge in [-0.2, -0.15) is 0 Å². The van der Waals surface area contributed by atoms with Gasteiger partial charge in [0, 0.05) is 5.30 Å². The van der Waals surface area contributed by atoms with Crippen LogP contribution < -0.4 is 10.4 Å². The Kier molecular flexibility index (Phi) is 5.77. The largest absolute Gasteiger partial charge is 0.460 e. The number of hydrogen-bond acceptors (Lipinski definition) is 3. The summed E-state index contributed by atoms with van der Waals surface area (Å²) in [7, 11) is 0. The van der Waals surface area contributed by atoms with Crippen LogP contribution in [-0.4, -0.2) is 12.0 Å². The summed E-state index contributed by atoms with van der Waals surface area (Å²) in [6.45, 7) is -1.72. The van der Waals surface area contributed by atoms with Gasteiger partial charge in [-0.15, -0.1) is 0 Å². The van der Waals surface area contributed by atoms with E-state index in [0.29, 0.717) is 5.30 Å². The van der Waals surface area contributed by atoms with Crippen molar-refractivity contribution >= 4 is 39.9 Å². The maximum Gasteiger partial charge on any atom is 0.323 e. The lowest BCUT2D eigenvalue weighted by molar-refractivity contribution is -0.146. The molecule has 0 aliphatic rings. The van der Waals surface area contributed by atoms with Crippen LogP contribution in [0.1, 0.15) is 12.5 Å². The van der Waals surface area contributed by atoms with Crippen LogP contribution in [-0.2, 0) is 20.7 Å². The fraction of sp³-hybridized carbons (Fsp3) is 0.150. The molecule has 2 atom stereocenters. The highest BCUT2D eigenvalue weighted by atomic mass is 35.7. The number of rotatable bonds is 6. The molecule has 0 heterocycles. The van der Waals surface area contributed by atoms with Crippen LogP contribution in [0.25, 0.3) is 10.8 Å². The summed E-state index contributed by atoms with van der Waals surface area (Å²) in [6.07, 6.45) is 0. The number of carbonyl (C=O) groups is 1. The molecule has 1 N–H and O–H groups in total. The maximum absolute atomic E-state index is 13.1. The Bertz CT molecular complexity index is 956. The highest BCUT2D eigenvalue weighted by Gasteiger charge is 2.29. The third-order valence-corrected chi connectivity index (χ3v) is 6.58. The van der Waals surface area contributed by atoms with Gasteiger partial charge in [0.15, 0.2) is 0 Å². The van der Waals surface area contributed by atoms with E-state index in [1.54, 1.807) is 19.1 Å². The lowest BCUT2D eigenvalue weighted by Gasteiger charge is -2.19. The molecule has 0 fully saturated rings. The second-order valence-electron chi connectivity index (χ2n) is 5.97. The number of halogens is 1. The number of benzene rings is 3. The molecule has 26 heavy (non-hydrogen) atoms. The standard InChI is InChI=1S/C20H19ClNO3P/c1-15(20(23)25-14-16-8-3-2-4-9-16)22-26(21,24)19-13-7-11-17-10-5-6-12-18(17)19/h2-13,15H,14H2,1H3,(H,22,24)/t15-,26?/m0/s1. The molecule has 0 radical (unpaired) electrons. The monoisotopic (exact) mass is 387 g/mol. The van der Waals surface area contributed by atoms with Crippen molar-refractivity contribution in [3.05, 3.63) is 78.4 Å². The molecule has 0 aliphatic heterocycles. The molecule has 0 aromatic heterocycles. The Morgan fingerprint density at radius 3 is 2.46 bits per heavy atom. The first-order valence-electron chi connectivity index (χ1n) is 8.24. The maximum atomic E-state index is 13.1. The highest BCUT2D eigenvalue weighted by Crippen LogP contribution is 2.47. The Labute approximate surface area is 157 Å². The van der Waals surface area contributed by atoms with E-state index < -0.39 is 18.7 Å². The van der Waals surface area contributed by atoms with Gasteiger partial charge < -0.3 is 4.74 Å². The van der Waals surface area contributed by atoms with Crippen LogP contribution >= 0.6 is 17.9 Å². The van der Waals surface area contributed by atoms with Crippen molar-refractivity contribution in [3.63, 3.8) is 0 Å². The Morgan fingerprint density at radius 1 is 1.04 bits per heavy atom. The lowest BCUT2D eigenvalue weighted by Crippen LogP contribution is -2.34. The number of esters is 1. The molecule has 3 aromatic carbocycles. The van der Waals surface area contributed by atoms with Crippen LogP contribution in [0, 0.1) is 0 Å². The van der Waals surface area contributed by atoms with Gasteiger partial charge in [0.1, 0.15) is 12.6 Å². The van der Waals surface area contributed by atoms with Crippen LogP contribution in [0.4, 0.5) is 0 Å². The molecule has 0 bridgehead atoms. The van der Waals surface area contributed by atoms with Crippen molar-refractivity contribution in [2.45, 2.75) is 19.6 Å². The smallest absolute Gasteiger partial charge is 0.323 e. The average molecular weight is 388 g/mol. The highest BCUT2D eigenvalue weighted by molar-refractivity contribution is 7.93. The molecule has 0 saturated heterocycles. The number of hydrogen-bond donors (Lipinski definition) is 1. The van der Waals surface area contributed by atoms with Gasteiger partial charge in [-0.25, -0.2) is 5.09 Å². The first-order chi connectivity index (χ1) is 12.5. The first kappa shape index (κ1) is 18.7. The zero-order valence-electron chi connectivity index (χ0n) is 14.3. The summed E-state index contributed by atoms with van der Waals surface area (Å²) < 4.78 is 18.3. The van der Waals surface area contributed by atoms with Crippen LogP contribution in [0.5, 0.6) is 0 Å². The predicted octanol–water partition coefficient (Wildman–Crippen LogP) is 4.62. The molecule has 0 aliphatic carbocycles. The van der Waals surface area contributed by atoms with Gasteiger partial charge in [0.05, 0.1) is 0 Å². The summed E-state index contributed by atoms with van der Waals surface area (Å²) in [4.78, 5) is 12.2. The third kappa shape index (κ3) is 4.34. The van der Waals surface area contributed by atoms with Gasteiger partial charge in [0.25, 0.3) is 6.65 Å². The van der Waals surface area contributed by atoms with E-state index in [1.807, 2.05) is 60.7 Å². The summed E-state index contributed by atoms with van der Waals surface area (Å²) >= 11 is 6.33. The van der Waals surface area contributed by atoms with E-state index >= 15 is 0 Å². The predicted molar refractivity (Wildman–Crippen MR) is 106 cm³/mol. The van der Waals surface area contributed by atoms with E-state index in [1.165, 1.54) is 0 Å². The van der Waals surface area contributed by atoms with Crippen molar-refractivity contribution < 1.29 is 14.1 Å². The molecular formula is C20H19ClNO3P. The average Bonchev–Trinajstić information content (AvgIpc) is 2.66. The van der Waals surface area contributed by atoms with E-state index in [0.717, 1.165) is 16.3 Å². The molecule has 6 heteroatoms. The summed E-state index contributed by atoms with van der Waals surface area (Å²) in [5.74, 6) is -0.505. The summed E-state index contributed by atoms with van der Waals surface area (Å²) in [5.41, 5.74) is 0.885. The third-order valence-electron chi connectivity index (χ3n) is 4.01. The topological polar surface area (TPSA) is 55.4 Å². The molecule has 1 unspecified atom stereocenters. The Hall–Kier alpha value is -2.13. The molecule has 0 amide bonds. The number of nitrogens with one attached hydrogen (secondary N) is 1. The molecule has 0 spiro atoms. The zero-order valence-corrected chi connectivity index (χ0v) is 15.9.